The minimum absolute atomic E-state index is 0.0259. The van der Waals surface area contributed by atoms with Crippen molar-refractivity contribution in [1.82, 2.24) is 10.3 Å². The maximum absolute atomic E-state index is 12.0. The van der Waals surface area contributed by atoms with Gasteiger partial charge in [0.1, 0.15) is 5.75 Å². The zero-order chi connectivity index (χ0) is 19.1. The number of amides is 2. The van der Waals surface area contributed by atoms with Crippen LogP contribution in [-0.2, 0) is 4.79 Å². The second-order valence-corrected chi connectivity index (χ2v) is 6.41. The number of nitrogens with one attached hydrogen (secondary N) is 1. The van der Waals surface area contributed by atoms with Crippen molar-refractivity contribution < 1.29 is 14.3 Å². The Labute approximate surface area is 158 Å². The van der Waals surface area contributed by atoms with Crippen LogP contribution >= 0.6 is 0 Å². The second-order valence-electron chi connectivity index (χ2n) is 6.41. The zero-order valence-corrected chi connectivity index (χ0v) is 15.4. The van der Waals surface area contributed by atoms with Crippen LogP contribution < -0.4 is 10.2 Å². The summed E-state index contributed by atoms with van der Waals surface area (Å²) in [5, 5.41) is 4.14. The Hall–Kier alpha value is -3.15. The number of benzene rings is 2. The maximum atomic E-state index is 12.0. The van der Waals surface area contributed by atoms with Crippen LogP contribution in [0.1, 0.15) is 35.7 Å². The van der Waals surface area contributed by atoms with Gasteiger partial charge in [0.15, 0.2) is 6.61 Å². The summed E-state index contributed by atoms with van der Waals surface area (Å²) in [6, 6.07) is 16.2. The molecule has 0 aliphatic carbocycles. The van der Waals surface area contributed by atoms with Crippen molar-refractivity contribution in [3.8, 4) is 5.75 Å². The monoisotopic (exact) mass is 365 g/mol. The number of hydrogen-bond acceptors (Lipinski definition) is 4. The van der Waals surface area contributed by atoms with Gasteiger partial charge in [0.25, 0.3) is 11.8 Å². The van der Waals surface area contributed by atoms with Crippen LogP contribution in [0, 0.1) is 0 Å². The lowest BCUT2D eigenvalue weighted by atomic mass is 10.1. The van der Waals surface area contributed by atoms with Gasteiger partial charge in [-0.1, -0.05) is 18.2 Å². The average molecular weight is 365 g/mol. The first-order chi connectivity index (χ1) is 13.1. The van der Waals surface area contributed by atoms with E-state index in [4.69, 9.17) is 4.74 Å². The lowest BCUT2D eigenvalue weighted by Crippen LogP contribution is -2.32. The van der Waals surface area contributed by atoms with Crippen molar-refractivity contribution in [2.45, 2.75) is 19.8 Å². The van der Waals surface area contributed by atoms with Crippen LogP contribution in [0.2, 0.25) is 0 Å². The van der Waals surface area contributed by atoms with Gasteiger partial charge in [0, 0.05) is 18.7 Å². The minimum Gasteiger partial charge on any atom is -0.484 e. The fourth-order valence-electron chi connectivity index (χ4n) is 2.85. The molecule has 2 amide bonds. The minimum atomic E-state index is -0.254. The number of carbonyl (C=O) groups excluding carboxylic acids is 2. The number of ether oxygens (including phenoxy) is 1. The number of hydrogen-bond donors (Lipinski definition) is 1. The average Bonchev–Trinajstić information content (AvgIpc) is 3.26. The Kier molecular flexibility index (Phi) is 6.20. The molecule has 0 aromatic heterocycles. The van der Waals surface area contributed by atoms with Gasteiger partial charge in [-0.25, -0.2) is 5.43 Å². The van der Waals surface area contributed by atoms with Gasteiger partial charge in [-0.2, -0.15) is 5.10 Å². The number of nitrogens with zero attached hydrogens (tertiary/aromatic N) is 2. The SMILES string of the molecule is C/C(=N\NC(=O)c1ccccc1)c1ccc(OCC(=O)N2CCCC2)cc1. The molecule has 0 bridgehead atoms. The maximum Gasteiger partial charge on any atom is 0.271 e. The molecule has 1 fully saturated rings. The third-order valence-corrected chi connectivity index (χ3v) is 4.45. The summed E-state index contributed by atoms with van der Waals surface area (Å²) in [6.45, 7) is 3.52. The summed E-state index contributed by atoms with van der Waals surface area (Å²) in [6.07, 6.45) is 2.14. The predicted molar refractivity (Wildman–Crippen MR) is 104 cm³/mol. The van der Waals surface area contributed by atoms with Gasteiger partial charge in [-0.05, 0) is 61.7 Å². The van der Waals surface area contributed by atoms with Gasteiger partial charge in [-0.15, -0.1) is 0 Å². The van der Waals surface area contributed by atoms with Crippen molar-refractivity contribution in [2.75, 3.05) is 19.7 Å². The summed E-state index contributed by atoms with van der Waals surface area (Å²) in [5.41, 5.74) is 4.65. The highest BCUT2D eigenvalue weighted by Crippen LogP contribution is 2.14. The number of rotatable bonds is 6. The molecular weight excluding hydrogens is 342 g/mol. The highest BCUT2D eigenvalue weighted by Gasteiger charge is 2.18. The highest BCUT2D eigenvalue weighted by molar-refractivity contribution is 6.00. The van der Waals surface area contributed by atoms with E-state index in [1.165, 1.54) is 0 Å². The van der Waals surface area contributed by atoms with Crippen LogP contribution in [0.5, 0.6) is 5.75 Å². The molecule has 140 valence electrons. The van der Waals surface area contributed by atoms with E-state index in [0.29, 0.717) is 17.0 Å². The quantitative estimate of drug-likeness (QED) is 0.632. The normalized spacial score (nSPS) is 14.1. The predicted octanol–water partition coefficient (Wildman–Crippen LogP) is 2.84. The fourth-order valence-corrected chi connectivity index (χ4v) is 2.85. The van der Waals surface area contributed by atoms with E-state index in [1.807, 2.05) is 30.0 Å². The van der Waals surface area contributed by atoms with Gasteiger partial charge >= 0.3 is 0 Å². The molecule has 3 rings (SSSR count). The molecular formula is C21H23N3O3. The van der Waals surface area contributed by atoms with Crippen LogP contribution in [0.25, 0.3) is 0 Å². The Bertz CT molecular complexity index is 810. The van der Waals surface area contributed by atoms with Gasteiger partial charge in [0.05, 0.1) is 5.71 Å². The van der Waals surface area contributed by atoms with Crippen molar-refractivity contribution in [3.63, 3.8) is 0 Å². The molecule has 0 radical (unpaired) electrons. The Morgan fingerprint density at radius 3 is 2.33 bits per heavy atom. The molecule has 1 N–H and O–H groups in total. The number of hydrazone groups is 1. The smallest absolute Gasteiger partial charge is 0.271 e. The molecule has 0 unspecified atom stereocenters. The van der Waals surface area contributed by atoms with E-state index in [-0.39, 0.29) is 18.4 Å². The van der Waals surface area contributed by atoms with Crippen molar-refractivity contribution in [1.29, 1.82) is 0 Å². The molecule has 0 saturated carbocycles. The molecule has 2 aromatic rings. The standard InChI is InChI=1S/C21H23N3O3/c1-16(22-23-21(26)18-7-3-2-4-8-18)17-9-11-19(12-10-17)27-15-20(25)24-13-5-6-14-24/h2-4,7-12H,5-6,13-15H2,1H3,(H,23,26)/b22-16+. The highest BCUT2D eigenvalue weighted by atomic mass is 16.5. The number of carbonyl (C=O) groups is 2. The second kappa shape index (κ2) is 8.98. The van der Waals surface area contributed by atoms with E-state index in [9.17, 15) is 9.59 Å². The van der Waals surface area contributed by atoms with Crippen LogP contribution in [0.3, 0.4) is 0 Å². The van der Waals surface area contributed by atoms with Gasteiger partial charge in [-0.3, -0.25) is 9.59 Å². The molecule has 1 heterocycles. The zero-order valence-electron chi connectivity index (χ0n) is 15.4. The lowest BCUT2D eigenvalue weighted by molar-refractivity contribution is -0.132. The van der Waals surface area contributed by atoms with E-state index < -0.39 is 0 Å². The van der Waals surface area contributed by atoms with Crippen molar-refractivity contribution in [2.24, 2.45) is 5.10 Å². The summed E-state index contributed by atoms with van der Waals surface area (Å²) in [7, 11) is 0. The Morgan fingerprint density at radius 2 is 1.67 bits per heavy atom. The van der Waals surface area contributed by atoms with E-state index in [1.54, 1.807) is 36.4 Å². The third-order valence-electron chi connectivity index (χ3n) is 4.45. The summed E-state index contributed by atoms with van der Waals surface area (Å²) in [5.74, 6) is 0.403. The first kappa shape index (κ1) is 18.6. The van der Waals surface area contributed by atoms with E-state index in [2.05, 4.69) is 10.5 Å². The molecule has 0 spiro atoms. The lowest BCUT2D eigenvalue weighted by Gasteiger charge is -2.15. The first-order valence-corrected chi connectivity index (χ1v) is 9.04. The van der Waals surface area contributed by atoms with Crippen LogP contribution in [0.15, 0.2) is 59.7 Å². The van der Waals surface area contributed by atoms with Crippen molar-refractivity contribution >= 4 is 17.5 Å². The topological polar surface area (TPSA) is 71.0 Å². The third kappa shape index (κ3) is 5.17. The molecule has 27 heavy (non-hydrogen) atoms. The van der Waals surface area contributed by atoms with E-state index in [0.717, 1.165) is 31.5 Å². The molecule has 0 atom stereocenters. The molecule has 2 aromatic carbocycles. The molecule has 1 aliphatic heterocycles. The molecule has 6 heteroatoms. The summed E-state index contributed by atoms with van der Waals surface area (Å²) in [4.78, 5) is 25.9. The first-order valence-electron chi connectivity index (χ1n) is 9.04. The van der Waals surface area contributed by atoms with Crippen LogP contribution in [-0.4, -0.2) is 42.1 Å². The summed E-state index contributed by atoms with van der Waals surface area (Å²) >= 11 is 0. The van der Waals surface area contributed by atoms with Crippen molar-refractivity contribution in [3.05, 3.63) is 65.7 Å². The Morgan fingerprint density at radius 1 is 1.00 bits per heavy atom. The molecule has 1 aliphatic rings. The van der Waals surface area contributed by atoms with Gasteiger partial charge < -0.3 is 9.64 Å². The Balaban J connectivity index is 1.52. The number of likely N-dealkylation sites (tertiary alicyclic amines) is 1. The summed E-state index contributed by atoms with van der Waals surface area (Å²) < 4.78 is 5.57. The van der Waals surface area contributed by atoms with E-state index >= 15 is 0 Å². The molecule has 1 saturated heterocycles. The van der Waals surface area contributed by atoms with Crippen LogP contribution in [0.4, 0.5) is 0 Å². The largest absolute Gasteiger partial charge is 0.484 e. The fraction of sp³-hybridized carbons (Fsp3) is 0.286. The van der Waals surface area contributed by atoms with Gasteiger partial charge in [0.2, 0.25) is 0 Å². The molecule has 6 nitrogen and oxygen atoms in total.